The van der Waals surface area contributed by atoms with Crippen LogP contribution in [0.4, 0.5) is 0 Å². The zero-order valence-electron chi connectivity index (χ0n) is 13.1. The summed E-state index contributed by atoms with van der Waals surface area (Å²) in [6, 6.07) is 8.30. The summed E-state index contributed by atoms with van der Waals surface area (Å²) in [5, 5.41) is 3.70. The van der Waals surface area contributed by atoms with Crippen molar-refractivity contribution in [1.29, 1.82) is 0 Å². The van der Waals surface area contributed by atoms with Gasteiger partial charge in [0.2, 0.25) is 10.0 Å². The first-order valence-corrected chi connectivity index (χ1v) is 9.20. The molecule has 2 heterocycles. The Morgan fingerprint density at radius 2 is 2.12 bits per heavy atom. The zero-order valence-corrected chi connectivity index (χ0v) is 15.5. The van der Waals surface area contributed by atoms with Crippen LogP contribution in [0, 0.1) is 6.92 Å². The lowest BCUT2D eigenvalue weighted by Gasteiger charge is -2.35. The van der Waals surface area contributed by atoms with Crippen molar-refractivity contribution < 1.29 is 8.42 Å². The van der Waals surface area contributed by atoms with Gasteiger partial charge in [-0.25, -0.2) is 8.42 Å². The third-order valence-electron chi connectivity index (χ3n) is 4.01. The molecule has 1 fully saturated rings. The van der Waals surface area contributed by atoms with E-state index in [1.807, 2.05) is 19.1 Å². The Bertz CT molecular complexity index is 800. The van der Waals surface area contributed by atoms with Crippen molar-refractivity contribution in [2.45, 2.75) is 17.9 Å². The molecule has 24 heavy (non-hydrogen) atoms. The Labute approximate surface area is 153 Å². The highest BCUT2D eigenvalue weighted by molar-refractivity contribution is 7.89. The van der Waals surface area contributed by atoms with Gasteiger partial charge in [0, 0.05) is 37.1 Å². The minimum atomic E-state index is -3.62. The monoisotopic (exact) mass is 387 g/mol. The second-order valence-corrected chi connectivity index (χ2v) is 7.83. The van der Waals surface area contributed by atoms with Gasteiger partial charge in [0.25, 0.3) is 0 Å². The Balaban J connectivity index is 0.00000208. The lowest BCUT2D eigenvalue weighted by atomic mass is 10.1. The smallest absolute Gasteiger partial charge is 0.243 e. The highest BCUT2D eigenvalue weighted by Crippen LogP contribution is 2.30. The highest BCUT2D eigenvalue weighted by Gasteiger charge is 2.34. The molecule has 0 bridgehead atoms. The molecule has 5 nitrogen and oxygen atoms in total. The predicted molar refractivity (Wildman–Crippen MR) is 97.2 cm³/mol. The third kappa shape index (κ3) is 3.73. The second-order valence-electron chi connectivity index (χ2n) is 5.53. The molecular weight excluding hydrogens is 369 g/mol. The average Bonchev–Trinajstić information content (AvgIpc) is 2.58. The number of rotatable bonds is 3. The molecule has 1 aromatic heterocycles. The fraction of sp³-hybridized carbons (Fsp3) is 0.312. The van der Waals surface area contributed by atoms with Gasteiger partial charge in [-0.05, 0) is 36.2 Å². The summed E-state index contributed by atoms with van der Waals surface area (Å²) < 4.78 is 27.6. The lowest BCUT2D eigenvalue weighted by molar-refractivity contribution is 0.271. The SMILES string of the molecule is Cc1ccc(S(=O)(=O)N2CCNCC2c2cccnc2)cc1Cl.Cl. The Hall–Kier alpha value is -1.18. The maximum Gasteiger partial charge on any atom is 0.243 e. The van der Waals surface area contributed by atoms with Crippen LogP contribution in [0.2, 0.25) is 5.02 Å². The van der Waals surface area contributed by atoms with Crippen molar-refractivity contribution >= 4 is 34.0 Å². The molecule has 1 unspecified atom stereocenters. The molecule has 130 valence electrons. The summed E-state index contributed by atoms with van der Waals surface area (Å²) in [4.78, 5) is 4.33. The van der Waals surface area contributed by atoms with Gasteiger partial charge in [-0.3, -0.25) is 4.98 Å². The fourth-order valence-corrected chi connectivity index (χ4v) is 4.59. The van der Waals surface area contributed by atoms with Crippen LogP contribution in [0.3, 0.4) is 0 Å². The summed E-state index contributed by atoms with van der Waals surface area (Å²) in [6.45, 7) is 3.44. The third-order valence-corrected chi connectivity index (χ3v) is 6.32. The van der Waals surface area contributed by atoms with Crippen molar-refractivity contribution in [3.63, 3.8) is 0 Å². The topological polar surface area (TPSA) is 62.3 Å². The van der Waals surface area contributed by atoms with E-state index in [-0.39, 0.29) is 23.3 Å². The van der Waals surface area contributed by atoms with Gasteiger partial charge in [0.05, 0.1) is 10.9 Å². The maximum absolute atomic E-state index is 13.1. The zero-order chi connectivity index (χ0) is 16.4. The summed E-state index contributed by atoms with van der Waals surface area (Å²) >= 11 is 6.11. The minimum Gasteiger partial charge on any atom is -0.313 e. The molecule has 1 aliphatic heterocycles. The first-order chi connectivity index (χ1) is 11.0. The minimum absolute atomic E-state index is 0. The number of benzene rings is 1. The van der Waals surface area contributed by atoms with Gasteiger partial charge in [0.15, 0.2) is 0 Å². The van der Waals surface area contributed by atoms with Crippen LogP contribution >= 0.6 is 24.0 Å². The molecule has 0 radical (unpaired) electrons. The van der Waals surface area contributed by atoms with Gasteiger partial charge in [-0.2, -0.15) is 4.31 Å². The number of aromatic nitrogens is 1. The van der Waals surface area contributed by atoms with Crippen molar-refractivity contribution in [1.82, 2.24) is 14.6 Å². The molecule has 1 saturated heterocycles. The van der Waals surface area contributed by atoms with E-state index in [4.69, 9.17) is 11.6 Å². The standard InChI is InChI=1S/C16H18ClN3O2S.ClH/c1-12-4-5-14(9-15(12)17)23(21,22)20-8-7-19-11-16(20)13-3-2-6-18-10-13;/h2-6,9-10,16,19H,7-8,11H2,1H3;1H. The van der Waals surface area contributed by atoms with E-state index in [1.54, 1.807) is 24.5 Å². The number of hydrogen-bond acceptors (Lipinski definition) is 4. The van der Waals surface area contributed by atoms with Gasteiger partial charge >= 0.3 is 0 Å². The number of pyridine rings is 1. The molecule has 0 aliphatic carbocycles. The van der Waals surface area contributed by atoms with E-state index < -0.39 is 10.0 Å². The molecule has 1 aromatic carbocycles. The van der Waals surface area contributed by atoms with Gasteiger partial charge in [-0.15, -0.1) is 12.4 Å². The van der Waals surface area contributed by atoms with Crippen LogP contribution in [-0.2, 0) is 10.0 Å². The Kier molecular flexibility index (Phi) is 6.22. The van der Waals surface area contributed by atoms with Crippen LogP contribution in [0.5, 0.6) is 0 Å². The van der Waals surface area contributed by atoms with E-state index in [2.05, 4.69) is 10.3 Å². The van der Waals surface area contributed by atoms with E-state index >= 15 is 0 Å². The summed E-state index contributed by atoms with van der Waals surface area (Å²) in [7, 11) is -3.62. The molecule has 0 spiro atoms. The number of sulfonamides is 1. The normalized spacial score (nSPS) is 18.8. The van der Waals surface area contributed by atoms with Crippen LogP contribution in [0.25, 0.3) is 0 Å². The molecule has 1 atom stereocenters. The molecule has 2 aromatic rings. The predicted octanol–water partition coefficient (Wildman–Crippen LogP) is 2.80. The van der Waals surface area contributed by atoms with Crippen molar-refractivity contribution in [2.75, 3.05) is 19.6 Å². The number of hydrogen-bond donors (Lipinski definition) is 1. The molecule has 0 saturated carbocycles. The fourth-order valence-electron chi connectivity index (χ4n) is 2.70. The maximum atomic E-state index is 13.1. The van der Waals surface area contributed by atoms with E-state index in [0.29, 0.717) is 24.7 Å². The van der Waals surface area contributed by atoms with Gasteiger partial charge in [0.1, 0.15) is 0 Å². The summed E-state index contributed by atoms with van der Waals surface area (Å²) in [5.41, 5.74) is 1.73. The molecule has 0 amide bonds. The van der Waals surface area contributed by atoms with Gasteiger partial charge in [-0.1, -0.05) is 23.7 Å². The largest absolute Gasteiger partial charge is 0.313 e. The van der Waals surface area contributed by atoms with Crippen molar-refractivity contribution in [2.24, 2.45) is 0 Å². The van der Waals surface area contributed by atoms with Crippen LogP contribution in [0.15, 0.2) is 47.6 Å². The Morgan fingerprint density at radius 3 is 2.79 bits per heavy atom. The van der Waals surface area contributed by atoms with Crippen molar-refractivity contribution in [3.05, 3.63) is 58.9 Å². The molecule has 1 aliphatic rings. The molecular formula is C16H19Cl2N3O2S. The second kappa shape index (κ2) is 7.80. The highest BCUT2D eigenvalue weighted by atomic mass is 35.5. The number of nitrogens with zero attached hydrogens (tertiary/aromatic N) is 2. The van der Waals surface area contributed by atoms with Crippen LogP contribution < -0.4 is 5.32 Å². The molecule has 8 heteroatoms. The summed E-state index contributed by atoms with van der Waals surface area (Å²) in [5.74, 6) is 0. The quantitative estimate of drug-likeness (QED) is 0.879. The molecule has 1 N–H and O–H groups in total. The number of halogens is 2. The molecule has 3 rings (SSSR count). The van der Waals surface area contributed by atoms with E-state index in [9.17, 15) is 8.42 Å². The van der Waals surface area contributed by atoms with Crippen molar-refractivity contribution in [3.8, 4) is 0 Å². The number of nitrogens with one attached hydrogen (secondary N) is 1. The number of aryl methyl sites for hydroxylation is 1. The van der Waals surface area contributed by atoms with Crippen LogP contribution in [0.1, 0.15) is 17.2 Å². The van der Waals surface area contributed by atoms with Crippen LogP contribution in [-0.4, -0.2) is 37.3 Å². The number of piperazine rings is 1. The van der Waals surface area contributed by atoms with E-state index in [0.717, 1.165) is 11.1 Å². The Morgan fingerprint density at radius 1 is 1.33 bits per heavy atom. The first-order valence-electron chi connectivity index (χ1n) is 7.39. The lowest BCUT2D eigenvalue weighted by Crippen LogP contribution is -2.48. The average molecular weight is 388 g/mol. The summed E-state index contributed by atoms with van der Waals surface area (Å²) in [6.07, 6.45) is 3.39. The first kappa shape index (κ1) is 19.1. The van der Waals surface area contributed by atoms with E-state index in [1.165, 1.54) is 10.4 Å². The van der Waals surface area contributed by atoms with Gasteiger partial charge < -0.3 is 5.32 Å².